The highest BCUT2D eigenvalue weighted by Crippen LogP contribution is 2.17. The molecule has 6 heteroatoms. The second kappa shape index (κ2) is 5.98. The number of anilines is 2. The second-order valence-electron chi connectivity index (χ2n) is 2.55. The topological polar surface area (TPSA) is 77.8 Å². The van der Waals surface area contributed by atoms with Crippen LogP contribution in [0.5, 0.6) is 0 Å². The normalized spacial score (nSPS) is 10.4. The molecule has 0 fully saturated rings. The summed E-state index contributed by atoms with van der Waals surface area (Å²) in [5.41, 5.74) is 11.1. The van der Waals surface area contributed by atoms with Crippen molar-refractivity contribution in [3.8, 4) is 0 Å². The fourth-order valence-electron chi connectivity index (χ4n) is 0.863. The Hall–Kier alpha value is -0.620. The minimum absolute atomic E-state index is 0.433. The summed E-state index contributed by atoms with van der Waals surface area (Å²) in [5.74, 6) is 4.09. The zero-order valence-electron chi connectivity index (χ0n) is 8.06. The van der Waals surface area contributed by atoms with E-state index in [4.69, 9.17) is 11.5 Å². The maximum atomic E-state index is 5.54. The van der Waals surface area contributed by atoms with Gasteiger partial charge in [0.25, 0.3) is 0 Å². The zero-order chi connectivity index (χ0) is 10.4. The van der Waals surface area contributed by atoms with Gasteiger partial charge in [-0.2, -0.15) is 11.8 Å². The van der Waals surface area contributed by atoms with Crippen molar-refractivity contribution in [2.45, 2.75) is 12.1 Å². The average Bonchev–Trinajstić information content (AvgIpc) is 2.11. The molecule has 0 aliphatic heterocycles. The van der Waals surface area contributed by atoms with E-state index < -0.39 is 0 Å². The molecule has 0 radical (unpaired) electrons. The minimum Gasteiger partial charge on any atom is -0.383 e. The summed E-state index contributed by atoms with van der Waals surface area (Å²) in [5, 5.41) is 0.666. The van der Waals surface area contributed by atoms with Gasteiger partial charge in [-0.1, -0.05) is 18.7 Å². The van der Waals surface area contributed by atoms with Crippen LogP contribution < -0.4 is 11.5 Å². The molecule has 14 heavy (non-hydrogen) atoms. The fraction of sp³-hybridized carbons (Fsp3) is 0.500. The van der Waals surface area contributed by atoms with E-state index in [1.165, 1.54) is 0 Å². The molecule has 4 N–H and O–H groups in total. The van der Waals surface area contributed by atoms with Gasteiger partial charge in [-0.15, -0.1) is 0 Å². The van der Waals surface area contributed by atoms with E-state index in [-0.39, 0.29) is 0 Å². The van der Waals surface area contributed by atoms with Crippen molar-refractivity contribution >= 4 is 35.2 Å². The van der Waals surface area contributed by atoms with Gasteiger partial charge in [0.15, 0.2) is 5.16 Å². The molecule has 4 nitrogen and oxygen atoms in total. The van der Waals surface area contributed by atoms with Crippen LogP contribution in [0.1, 0.15) is 6.92 Å². The molecular formula is C8H14N4S2. The molecule has 78 valence electrons. The summed E-state index contributed by atoms with van der Waals surface area (Å²) in [7, 11) is 0. The lowest BCUT2D eigenvalue weighted by atomic mass is 10.5. The summed E-state index contributed by atoms with van der Waals surface area (Å²) in [6.07, 6.45) is 0. The van der Waals surface area contributed by atoms with Crippen LogP contribution in [-0.4, -0.2) is 27.2 Å². The van der Waals surface area contributed by atoms with Crippen LogP contribution in [-0.2, 0) is 0 Å². The lowest BCUT2D eigenvalue weighted by Gasteiger charge is -2.01. The number of hydrogen-bond donors (Lipinski definition) is 2. The van der Waals surface area contributed by atoms with Crippen LogP contribution in [0.15, 0.2) is 11.2 Å². The third-order valence-corrected chi connectivity index (χ3v) is 3.42. The van der Waals surface area contributed by atoms with E-state index in [2.05, 4.69) is 16.9 Å². The predicted molar refractivity (Wildman–Crippen MR) is 64.6 cm³/mol. The van der Waals surface area contributed by atoms with Gasteiger partial charge in [-0.25, -0.2) is 9.97 Å². The molecule has 0 spiro atoms. The lowest BCUT2D eigenvalue weighted by Crippen LogP contribution is -1.99. The van der Waals surface area contributed by atoms with E-state index in [0.29, 0.717) is 16.8 Å². The first-order valence-electron chi connectivity index (χ1n) is 4.33. The number of rotatable bonds is 5. The number of nitrogen functional groups attached to an aromatic ring is 2. The second-order valence-corrected chi connectivity index (χ2v) is 5.00. The van der Waals surface area contributed by atoms with Crippen LogP contribution in [0.25, 0.3) is 0 Å². The van der Waals surface area contributed by atoms with Gasteiger partial charge in [0.1, 0.15) is 11.6 Å². The third kappa shape index (κ3) is 4.06. The van der Waals surface area contributed by atoms with Crippen molar-refractivity contribution in [2.24, 2.45) is 0 Å². The molecule has 0 aliphatic rings. The molecule has 1 heterocycles. The van der Waals surface area contributed by atoms with Crippen LogP contribution in [0, 0.1) is 0 Å². The van der Waals surface area contributed by atoms with Crippen molar-refractivity contribution in [1.29, 1.82) is 0 Å². The number of aromatic nitrogens is 2. The highest BCUT2D eigenvalue weighted by atomic mass is 32.2. The third-order valence-electron chi connectivity index (χ3n) is 1.41. The lowest BCUT2D eigenvalue weighted by molar-refractivity contribution is 0.985. The van der Waals surface area contributed by atoms with E-state index in [9.17, 15) is 0 Å². The summed E-state index contributed by atoms with van der Waals surface area (Å²) >= 11 is 3.48. The Morgan fingerprint density at radius 2 is 1.86 bits per heavy atom. The van der Waals surface area contributed by atoms with E-state index in [1.54, 1.807) is 17.8 Å². The molecule has 0 amide bonds. The summed E-state index contributed by atoms with van der Waals surface area (Å²) in [6, 6.07) is 1.56. The maximum absolute atomic E-state index is 5.54. The van der Waals surface area contributed by atoms with Crippen LogP contribution in [0.3, 0.4) is 0 Å². The largest absolute Gasteiger partial charge is 0.383 e. The Bertz CT molecular complexity index is 272. The van der Waals surface area contributed by atoms with Crippen LogP contribution >= 0.6 is 23.5 Å². The molecule has 0 saturated carbocycles. The molecule has 0 bridgehead atoms. The summed E-state index contributed by atoms with van der Waals surface area (Å²) < 4.78 is 0. The Morgan fingerprint density at radius 1 is 1.21 bits per heavy atom. The smallest absolute Gasteiger partial charge is 0.191 e. The summed E-state index contributed by atoms with van der Waals surface area (Å²) in [6.45, 7) is 2.14. The van der Waals surface area contributed by atoms with Crippen LogP contribution in [0.2, 0.25) is 0 Å². The molecule has 1 aromatic rings. The molecular weight excluding hydrogens is 216 g/mol. The van der Waals surface area contributed by atoms with Gasteiger partial charge in [-0.3, -0.25) is 0 Å². The first kappa shape index (κ1) is 11.5. The Kier molecular flexibility index (Phi) is 4.89. The Balaban J connectivity index is 2.42. The van der Waals surface area contributed by atoms with E-state index in [0.717, 1.165) is 17.3 Å². The van der Waals surface area contributed by atoms with Gasteiger partial charge in [0.2, 0.25) is 0 Å². The van der Waals surface area contributed by atoms with Gasteiger partial charge < -0.3 is 11.5 Å². The number of thioether (sulfide) groups is 2. The number of nitrogens with two attached hydrogens (primary N) is 2. The molecule has 1 aromatic heterocycles. The SMILES string of the molecule is CCSCCSc1nc(N)cc(N)n1. The molecule has 1 rings (SSSR count). The molecule has 0 atom stereocenters. The van der Waals surface area contributed by atoms with Crippen LogP contribution in [0.4, 0.5) is 11.6 Å². The predicted octanol–water partition coefficient (Wildman–Crippen LogP) is 1.49. The quantitative estimate of drug-likeness (QED) is 0.453. The van der Waals surface area contributed by atoms with Crippen molar-refractivity contribution in [3.05, 3.63) is 6.07 Å². The number of nitrogens with zero attached hydrogens (tertiary/aromatic N) is 2. The molecule has 0 aromatic carbocycles. The van der Waals surface area contributed by atoms with E-state index >= 15 is 0 Å². The fourth-order valence-corrected chi connectivity index (χ4v) is 2.48. The van der Waals surface area contributed by atoms with Gasteiger partial charge in [0.05, 0.1) is 0 Å². The maximum Gasteiger partial charge on any atom is 0.191 e. The van der Waals surface area contributed by atoms with Gasteiger partial charge >= 0.3 is 0 Å². The molecule has 0 aliphatic carbocycles. The van der Waals surface area contributed by atoms with Crippen molar-refractivity contribution in [1.82, 2.24) is 9.97 Å². The first-order chi connectivity index (χ1) is 6.72. The Morgan fingerprint density at radius 3 is 2.43 bits per heavy atom. The highest BCUT2D eigenvalue weighted by Gasteiger charge is 2.00. The molecule has 0 saturated heterocycles. The standard InChI is InChI=1S/C8H14N4S2/c1-2-13-3-4-14-8-11-6(9)5-7(10)12-8/h5H,2-4H2,1H3,(H4,9,10,11,12). The number of hydrogen-bond acceptors (Lipinski definition) is 6. The van der Waals surface area contributed by atoms with Crippen molar-refractivity contribution in [3.63, 3.8) is 0 Å². The zero-order valence-corrected chi connectivity index (χ0v) is 9.70. The highest BCUT2D eigenvalue weighted by molar-refractivity contribution is 8.02. The summed E-state index contributed by atoms with van der Waals surface area (Å²) in [4.78, 5) is 8.14. The first-order valence-corrected chi connectivity index (χ1v) is 6.47. The minimum atomic E-state index is 0.433. The Labute approximate surface area is 92.3 Å². The van der Waals surface area contributed by atoms with E-state index in [1.807, 2.05) is 11.8 Å². The van der Waals surface area contributed by atoms with Crippen molar-refractivity contribution in [2.75, 3.05) is 28.7 Å². The van der Waals surface area contributed by atoms with Gasteiger partial charge in [-0.05, 0) is 5.75 Å². The van der Waals surface area contributed by atoms with Crippen molar-refractivity contribution < 1.29 is 0 Å². The monoisotopic (exact) mass is 230 g/mol. The molecule has 0 unspecified atom stereocenters. The average molecular weight is 230 g/mol. The van der Waals surface area contributed by atoms with Gasteiger partial charge in [0, 0.05) is 17.6 Å².